The van der Waals surface area contributed by atoms with Crippen LogP contribution in [0.15, 0.2) is 18.2 Å². The van der Waals surface area contributed by atoms with Gasteiger partial charge in [-0.15, -0.1) is 0 Å². The first kappa shape index (κ1) is 12.6. The number of nitrogens with two attached hydrogens (primary N) is 1. The molecule has 0 atom stereocenters. The fraction of sp³-hybridized carbons (Fsp3) is 0.364. The molecule has 0 heterocycles. The molecule has 0 aliphatic rings. The zero-order valence-corrected chi connectivity index (χ0v) is 9.79. The van der Waals surface area contributed by atoms with E-state index in [0.29, 0.717) is 35.9 Å². The molecule has 16 heavy (non-hydrogen) atoms. The van der Waals surface area contributed by atoms with Gasteiger partial charge < -0.3 is 15.2 Å². The van der Waals surface area contributed by atoms with Crippen LogP contribution in [0.1, 0.15) is 12.8 Å². The molecule has 0 aliphatic carbocycles. The fourth-order valence-corrected chi connectivity index (χ4v) is 1.38. The molecule has 0 saturated carbocycles. The van der Waals surface area contributed by atoms with Crippen LogP contribution in [-0.2, 0) is 9.53 Å². The lowest BCUT2D eigenvalue weighted by molar-refractivity contribution is -0.140. The van der Waals surface area contributed by atoms with Gasteiger partial charge in [-0.25, -0.2) is 0 Å². The first-order valence-corrected chi connectivity index (χ1v) is 5.26. The summed E-state index contributed by atoms with van der Waals surface area (Å²) in [6.07, 6.45) is 0.927. The predicted octanol–water partition coefficient (Wildman–Crippen LogP) is 2.25. The molecule has 0 amide bonds. The smallest absolute Gasteiger partial charge is 0.305 e. The van der Waals surface area contributed by atoms with Gasteiger partial charge in [-0.2, -0.15) is 0 Å². The summed E-state index contributed by atoms with van der Waals surface area (Å²) >= 11 is 5.90. The van der Waals surface area contributed by atoms with Gasteiger partial charge >= 0.3 is 5.97 Å². The second-order valence-corrected chi connectivity index (χ2v) is 3.63. The average molecular weight is 244 g/mol. The van der Waals surface area contributed by atoms with Gasteiger partial charge in [0.1, 0.15) is 5.75 Å². The van der Waals surface area contributed by atoms with Crippen LogP contribution < -0.4 is 10.5 Å². The summed E-state index contributed by atoms with van der Waals surface area (Å²) in [5.41, 5.74) is 6.13. The van der Waals surface area contributed by atoms with Crippen molar-refractivity contribution in [2.75, 3.05) is 19.5 Å². The van der Waals surface area contributed by atoms with Crippen molar-refractivity contribution in [3.63, 3.8) is 0 Å². The molecule has 0 unspecified atom stereocenters. The van der Waals surface area contributed by atoms with Gasteiger partial charge in [0.25, 0.3) is 0 Å². The normalized spacial score (nSPS) is 9.88. The monoisotopic (exact) mass is 243 g/mol. The number of hydrogen-bond acceptors (Lipinski definition) is 4. The third-order valence-corrected chi connectivity index (χ3v) is 2.26. The van der Waals surface area contributed by atoms with Crippen molar-refractivity contribution < 1.29 is 14.3 Å². The molecule has 1 aromatic carbocycles. The molecule has 0 radical (unpaired) electrons. The summed E-state index contributed by atoms with van der Waals surface area (Å²) < 4.78 is 9.90. The average Bonchev–Trinajstić information content (AvgIpc) is 2.26. The third-order valence-electron chi connectivity index (χ3n) is 1.97. The molecule has 0 fully saturated rings. The maximum Gasteiger partial charge on any atom is 0.305 e. The lowest BCUT2D eigenvalue weighted by Crippen LogP contribution is -2.04. The number of rotatable bonds is 5. The number of anilines is 1. The minimum absolute atomic E-state index is 0.244. The Morgan fingerprint density at radius 3 is 2.88 bits per heavy atom. The largest absolute Gasteiger partial charge is 0.492 e. The Bertz CT molecular complexity index is 368. The van der Waals surface area contributed by atoms with E-state index >= 15 is 0 Å². The van der Waals surface area contributed by atoms with Crippen molar-refractivity contribution in [1.82, 2.24) is 0 Å². The van der Waals surface area contributed by atoms with Gasteiger partial charge in [0.2, 0.25) is 0 Å². The highest BCUT2D eigenvalue weighted by Gasteiger charge is 2.03. The van der Waals surface area contributed by atoms with Crippen molar-refractivity contribution >= 4 is 23.3 Å². The van der Waals surface area contributed by atoms with Crippen LogP contribution in [0.5, 0.6) is 5.75 Å². The Labute approximate surface area is 99.3 Å². The van der Waals surface area contributed by atoms with Crippen molar-refractivity contribution in [3.05, 3.63) is 23.2 Å². The zero-order chi connectivity index (χ0) is 12.0. The van der Waals surface area contributed by atoms with E-state index in [0.717, 1.165) is 0 Å². The minimum atomic E-state index is -0.244. The fourth-order valence-electron chi connectivity index (χ4n) is 1.13. The summed E-state index contributed by atoms with van der Waals surface area (Å²) in [5, 5.41) is 0.470. The van der Waals surface area contributed by atoms with Gasteiger partial charge in [0.15, 0.2) is 0 Å². The molecule has 88 valence electrons. The first-order valence-electron chi connectivity index (χ1n) is 4.88. The van der Waals surface area contributed by atoms with E-state index in [1.54, 1.807) is 18.2 Å². The maximum absolute atomic E-state index is 10.8. The van der Waals surface area contributed by atoms with Crippen LogP contribution in [0.25, 0.3) is 0 Å². The quantitative estimate of drug-likeness (QED) is 0.490. The molecule has 0 aliphatic heterocycles. The Kier molecular flexibility index (Phi) is 4.92. The number of methoxy groups -OCH3 is 1. The number of carbonyl (C=O) groups is 1. The van der Waals surface area contributed by atoms with Gasteiger partial charge in [0, 0.05) is 12.1 Å². The first-order chi connectivity index (χ1) is 7.63. The summed E-state index contributed by atoms with van der Waals surface area (Å²) in [5.74, 6) is 0.327. The van der Waals surface area contributed by atoms with Crippen molar-refractivity contribution in [3.8, 4) is 5.75 Å². The van der Waals surface area contributed by atoms with Crippen LogP contribution in [0.2, 0.25) is 5.02 Å². The topological polar surface area (TPSA) is 61.5 Å². The predicted molar refractivity (Wildman–Crippen MR) is 62.6 cm³/mol. The van der Waals surface area contributed by atoms with E-state index < -0.39 is 0 Å². The van der Waals surface area contributed by atoms with E-state index in [4.69, 9.17) is 22.1 Å². The standard InChI is InChI=1S/C11H14ClNO3/c1-15-11(14)3-2-6-16-10-5-4-8(13)7-9(10)12/h4-5,7H,2-3,6,13H2,1H3. The van der Waals surface area contributed by atoms with Crippen molar-refractivity contribution in [2.45, 2.75) is 12.8 Å². The lowest BCUT2D eigenvalue weighted by atomic mass is 10.3. The van der Waals surface area contributed by atoms with E-state index in [1.165, 1.54) is 7.11 Å². The number of halogens is 1. The van der Waals surface area contributed by atoms with E-state index in [9.17, 15) is 4.79 Å². The molecule has 0 saturated heterocycles. The third kappa shape index (κ3) is 3.98. The number of esters is 1. The highest BCUT2D eigenvalue weighted by molar-refractivity contribution is 6.32. The summed E-state index contributed by atoms with van der Waals surface area (Å²) in [4.78, 5) is 10.8. The van der Waals surface area contributed by atoms with E-state index in [1.807, 2.05) is 0 Å². The Morgan fingerprint density at radius 1 is 1.50 bits per heavy atom. The summed E-state index contributed by atoms with van der Waals surface area (Å²) in [6, 6.07) is 5.04. The number of ether oxygens (including phenoxy) is 2. The Balaban J connectivity index is 2.35. The molecule has 2 N–H and O–H groups in total. The second-order valence-electron chi connectivity index (χ2n) is 3.22. The molecular formula is C11H14ClNO3. The van der Waals surface area contributed by atoms with Crippen molar-refractivity contribution in [2.24, 2.45) is 0 Å². The summed E-state index contributed by atoms with van der Waals surface area (Å²) in [7, 11) is 1.36. The number of hydrogen-bond donors (Lipinski definition) is 1. The SMILES string of the molecule is COC(=O)CCCOc1ccc(N)cc1Cl. The molecule has 5 heteroatoms. The van der Waals surface area contributed by atoms with Crippen LogP contribution >= 0.6 is 11.6 Å². The van der Waals surface area contributed by atoms with Gasteiger partial charge in [-0.05, 0) is 24.6 Å². The van der Waals surface area contributed by atoms with Crippen LogP contribution in [0, 0.1) is 0 Å². The van der Waals surface area contributed by atoms with Crippen LogP contribution in [-0.4, -0.2) is 19.7 Å². The molecular weight excluding hydrogens is 230 g/mol. The van der Waals surface area contributed by atoms with Gasteiger partial charge in [-0.1, -0.05) is 11.6 Å². The number of carbonyl (C=O) groups excluding carboxylic acids is 1. The van der Waals surface area contributed by atoms with E-state index in [-0.39, 0.29) is 5.97 Å². The molecule has 0 bridgehead atoms. The molecule has 0 spiro atoms. The van der Waals surface area contributed by atoms with Gasteiger partial charge in [-0.3, -0.25) is 4.79 Å². The van der Waals surface area contributed by atoms with Gasteiger partial charge in [0.05, 0.1) is 18.7 Å². The molecule has 1 rings (SSSR count). The Hall–Kier alpha value is -1.42. The van der Waals surface area contributed by atoms with Crippen molar-refractivity contribution in [1.29, 1.82) is 0 Å². The van der Waals surface area contributed by atoms with Crippen LogP contribution in [0.4, 0.5) is 5.69 Å². The molecule has 0 aromatic heterocycles. The summed E-state index contributed by atoms with van der Waals surface area (Å²) in [6.45, 7) is 0.415. The lowest BCUT2D eigenvalue weighted by Gasteiger charge is -2.07. The number of benzene rings is 1. The highest BCUT2D eigenvalue weighted by atomic mass is 35.5. The second kappa shape index (κ2) is 6.23. The van der Waals surface area contributed by atoms with E-state index in [2.05, 4.69) is 4.74 Å². The Morgan fingerprint density at radius 2 is 2.25 bits per heavy atom. The molecule has 4 nitrogen and oxygen atoms in total. The zero-order valence-electron chi connectivity index (χ0n) is 9.03. The minimum Gasteiger partial charge on any atom is -0.492 e. The highest BCUT2D eigenvalue weighted by Crippen LogP contribution is 2.26. The maximum atomic E-state index is 10.8. The van der Waals surface area contributed by atoms with Crippen LogP contribution in [0.3, 0.4) is 0 Å². The molecule has 1 aromatic rings. The number of nitrogen functional groups attached to an aromatic ring is 1.